The zero-order chi connectivity index (χ0) is 11.0. The van der Waals surface area contributed by atoms with Crippen molar-refractivity contribution in [2.24, 2.45) is 0 Å². The fraction of sp³-hybridized carbons (Fsp3) is 0.182. The van der Waals surface area contributed by atoms with Gasteiger partial charge >= 0.3 is 0 Å². The first kappa shape index (κ1) is 9.98. The van der Waals surface area contributed by atoms with Crippen molar-refractivity contribution in [3.63, 3.8) is 0 Å². The number of nitrogens with one attached hydrogen (secondary N) is 1. The predicted octanol–water partition coefficient (Wildman–Crippen LogP) is 2.80. The maximum Gasteiger partial charge on any atom is 0.124 e. The molecule has 0 aliphatic rings. The molecule has 0 saturated heterocycles. The Morgan fingerprint density at radius 2 is 2.13 bits per heavy atom. The number of aromatic nitrogens is 1. The Balaban J connectivity index is 2.93. The second-order valence-electron chi connectivity index (χ2n) is 3.40. The number of nitrogens with two attached hydrogens (primary N) is 1. The van der Waals surface area contributed by atoms with Gasteiger partial charge in [0.25, 0.3) is 0 Å². The minimum Gasteiger partial charge on any atom is -0.496 e. The number of H-pyrrole nitrogens is 1. The molecule has 0 aliphatic carbocycles. The molecule has 3 nitrogen and oxygen atoms in total. The average Bonchev–Trinajstić information content (AvgIpc) is 2.23. The second kappa shape index (κ2) is 3.55. The first-order chi connectivity index (χ1) is 7.13. The molecule has 0 bridgehead atoms. The van der Waals surface area contributed by atoms with Crippen LogP contribution in [0.4, 0.5) is 5.69 Å². The van der Waals surface area contributed by atoms with Crippen LogP contribution in [0.5, 0.6) is 5.75 Å². The third-order valence-corrected chi connectivity index (χ3v) is 2.73. The zero-order valence-electron chi connectivity index (χ0n) is 8.63. The van der Waals surface area contributed by atoms with Crippen molar-refractivity contribution in [3.8, 4) is 5.75 Å². The summed E-state index contributed by atoms with van der Waals surface area (Å²) in [5.74, 6) is 0.797. The molecule has 0 fully saturated rings. The summed E-state index contributed by atoms with van der Waals surface area (Å²) in [5, 5.41) is 1.04. The number of aromatic amines is 1. The fourth-order valence-electron chi connectivity index (χ4n) is 1.68. The summed E-state index contributed by atoms with van der Waals surface area (Å²) in [6.45, 7) is 2.00. The van der Waals surface area contributed by atoms with Crippen LogP contribution in [0.2, 0.25) is 0 Å². The van der Waals surface area contributed by atoms with Gasteiger partial charge < -0.3 is 15.5 Å². The number of anilines is 1. The largest absolute Gasteiger partial charge is 0.496 e. The standard InChI is InChI=1S/C11H12N2OS/c1-6-7-3-4-10(15)13-11(7)8(12)5-9(6)14-2/h3-5H,12H2,1-2H3,(H,13,15). The van der Waals surface area contributed by atoms with E-state index in [2.05, 4.69) is 4.98 Å². The minimum absolute atomic E-state index is 0.652. The Hall–Kier alpha value is -1.55. The van der Waals surface area contributed by atoms with Crippen LogP contribution in [0, 0.1) is 11.6 Å². The molecule has 4 heteroatoms. The Kier molecular flexibility index (Phi) is 2.36. The van der Waals surface area contributed by atoms with E-state index >= 15 is 0 Å². The Bertz CT molecular complexity index is 575. The molecule has 3 N–H and O–H groups in total. The Labute approximate surface area is 92.9 Å². The van der Waals surface area contributed by atoms with Gasteiger partial charge in [0.2, 0.25) is 0 Å². The molecule has 1 aromatic carbocycles. The monoisotopic (exact) mass is 220 g/mol. The lowest BCUT2D eigenvalue weighted by Gasteiger charge is -2.10. The number of hydrogen-bond donors (Lipinski definition) is 2. The number of aryl methyl sites for hydroxylation is 1. The van der Waals surface area contributed by atoms with E-state index in [1.165, 1.54) is 0 Å². The summed E-state index contributed by atoms with van der Waals surface area (Å²) < 4.78 is 5.92. The van der Waals surface area contributed by atoms with E-state index in [1.54, 1.807) is 7.11 Å². The summed E-state index contributed by atoms with van der Waals surface area (Å²) in [6, 6.07) is 5.62. The third-order valence-electron chi connectivity index (χ3n) is 2.49. The van der Waals surface area contributed by atoms with Crippen molar-refractivity contribution >= 4 is 28.8 Å². The maximum atomic E-state index is 5.91. The van der Waals surface area contributed by atoms with E-state index < -0.39 is 0 Å². The van der Waals surface area contributed by atoms with E-state index in [-0.39, 0.29) is 0 Å². The van der Waals surface area contributed by atoms with Gasteiger partial charge in [0.15, 0.2) is 0 Å². The van der Waals surface area contributed by atoms with Gasteiger partial charge in [-0.25, -0.2) is 0 Å². The highest BCUT2D eigenvalue weighted by atomic mass is 32.1. The summed E-state index contributed by atoms with van der Waals surface area (Å²) in [5.41, 5.74) is 8.50. The molecular weight excluding hydrogens is 208 g/mol. The second-order valence-corrected chi connectivity index (χ2v) is 3.84. The van der Waals surface area contributed by atoms with Crippen LogP contribution in [0.25, 0.3) is 10.9 Å². The number of hydrogen-bond acceptors (Lipinski definition) is 3. The van der Waals surface area contributed by atoms with Crippen molar-refractivity contribution in [2.45, 2.75) is 6.92 Å². The van der Waals surface area contributed by atoms with Gasteiger partial charge in [-0.15, -0.1) is 0 Å². The quantitative estimate of drug-likeness (QED) is 0.574. The molecule has 1 heterocycles. The van der Waals surface area contributed by atoms with Crippen LogP contribution in [-0.4, -0.2) is 12.1 Å². The molecule has 2 rings (SSSR count). The highest BCUT2D eigenvalue weighted by molar-refractivity contribution is 7.71. The van der Waals surface area contributed by atoms with Gasteiger partial charge in [-0.2, -0.15) is 0 Å². The Morgan fingerprint density at radius 1 is 1.40 bits per heavy atom. The first-order valence-corrected chi connectivity index (χ1v) is 5.00. The van der Waals surface area contributed by atoms with E-state index in [0.29, 0.717) is 10.3 Å². The normalized spacial score (nSPS) is 10.5. The van der Waals surface area contributed by atoms with Gasteiger partial charge in [-0.3, -0.25) is 0 Å². The number of fused-ring (bicyclic) bond motifs is 1. The molecular formula is C11H12N2OS. The van der Waals surface area contributed by atoms with Crippen molar-refractivity contribution in [2.75, 3.05) is 12.8 Å². The van der Waals surface area contributed by atoms with Crippen LogP contribution in [-0.2, 0) is 0 Å². The summed E-state index contributed by atoms with van der Waals surface area (Å²) >= 11 is 5.06. The first-order valence-electron chi connectivity index (χ1n) is 4.59. The lowest BCUT2D eigenvalue weighted by molar-refractivity contribution is 0.412. The number of ether oxygens (including phenoxy) is 1. The third kappa shape index (κ3) is 1.57. The molecule has 0 radical (unpaired) electrons. The van der Waals surface area contributed by atoms with E-state index in [0.717, 1.165) is 22.2 Å². The van der Waals surface area contributed by atoms with E-state index in [1.807, 2.05) is 25.1 Å². The number of benzene rings is 1. The molecule has 0 atom stereocenters. The summed E-state index contributed by atoms with van der Waals surface area (Å²) in [6.07, 6.45) is 0. The van der Waals surface area contributed by atoms with E-state index in [9.17, 15) is 0 Å². The molecule has 0 saturated carbocycles. The number of methoxy groups -OCH3 is 1. The van der Waals surface area contributed by atoms with Gasteiger partial charge in [-0.05, 0) is 19.1 Å². The molecule has 15 heavy (non-hydrogen) atoms. The Morgan fingerprint density at radius 3 is 2.80 bits per heavy atom. The van der Waals surface area contributed by atoms with Crippen LogP contribution in [0.1, 0.15) is 5.56 Å². The topological polar surface area (TPSA) is 51.0 Å². The summed E-state index contributed by atoms with van der Waals surface area (Å²) in [4.78, 5) is 3.08. The average molecular weight is 220 g/mol. The molecule has 0 aliphatic heterocycles. The van der Waals surface area contributed by atoms with E-state index in [4.69, 9.17) is 22.7 Å². The lowest BCUT2D eigenvalue weighted by atomic mass is 10.1. The lowest BCUT2D eigenvalue weighted by Crippen LogP contribution is -1.95. The maximum absolute atomic E-state index is 5.91. The zero-order valence-corrected chi connectivity index (χ0v) is 9.44. The molecule has 0 spiro atoms. The van der Waals surface area contributed by atoms with Gasteiger partial charge in [0, 0.05) is 17.0 Å². The smallest absolute Gasteiger partial charge is 0.124 e. The van der Waals surface area contributed by atoms with Crippen molar-refractivity contribution in [1.29, 1.82) is 0 Å². The molecule has 78 valence electrons. The van der Waals surface area contributed by atoms with Crippen LogP contribution < -0.4 is 10.5 Å². The van der Waals surface area contributed by atoms with Gasteiger partial charge in [0.05, 0.1) is 18.3 Å². The van der Waals surface area contributed by atoms with Crippen molar-refractivity contribution in [1.82, 2.24) is 4.98 Å². The minimum atomic E-state index is 0.652. The number of pyridine rings is 1. The van der Waals surface area contributed by atoms with Crippen LogP contribution >= 0.6 is 12.2 Å². The fourth-order valence-corrected chi connectivity index (χ4v) is 1.85. The van der Waals surface area contributed by atoms with Crippen molar-refractivity contribution < 1.29 is 4.74 Å². The predicted molar refractivity (Wildman–Crippen MR) is 64.8 cm³/mol. The van der Waals surface area contributed by atoms with Crippen molar-refractivity contribution in [3.05, 3.63) is 28.4 Å². The number of rotatable bonds is 1. The highest BCUT2D eigenvalue weighted by Gasteiger charge is 2.07. The van der Waals surface area contributed by atoms with Gasteiger partial charge in [-0.1, -0.05) is 12.2 Å². The molecule has 1 aromatic heterocycles. The van der Waals surface area contributed by atoms with Crippen LogP contribution in [0.15, 0.2) is 18.2 Å². The van der Waals surface area contributed by atoms with Gasteiger partial charge in [0.1, 0.15) is 10.4 Å². The molecule has 0 unspecified atom stereocenters. The highest BCUT2D eigenvalue weighted by Crippen LogP contribution is 2.30. The summed E-state index contributed by atoms with van der Waals surface area (Å²) in [7, 11) is 1.64. The number of nitrogen functional groups attached to an aromatic ring is 1. The van der Waals surface area contributed by atoms with Crippen LogP contribution in [0.3, 0.4) is 0 Å². The molecule has 2 aromatic rings. The molecule has 0 amide bonds. The SMILES string of the molecule is COc1cc(N)c2[nH]c(=S)ccc2c1C.